The van der Waals surface area contributed by atoms with Crippen LogP contribution in [0.25, 0.3) is 0 Å². The van der Waals surface area contributed by atoms with Gasteiger partial charge in [-0.2, -0.15) is 39.5 Å². The highest BCUT2D eigenvalue weighted by molar-refractivity contribution is 5.57. The van der Waals surface area contributed by atoms with Gasteiger partial charge in [0.25, 0.3) is 5.60 Å². The van der Waals surface area contributed by atoms with E-state index in [0.29, 0.717) is 38.5 Å². The Kier molecular flexibility index (Phi) is 9.60. The molecule has 0 aliphatic heterocycles. The summed E-state index contributed by atoms with van der Waals surface area (Å²) >= 11 is 0. The predicted molar refractivity (Wildman–Crippen MR) is 110 cm³/mol. The summed E-state index contributed by atoms with van der Waals surface area (Å²) in [5.74, 6) is -4.52. The molecule has 1 aliphatic rings. The molecule has 0 heterocycles. The fourth-order valence-corrected chi connectivity index (χ4v) is 5.01. The Morgan fingerprint density at radius 1 is 0.914 bits per heavy atom. The summed E-state index contributed by atoms with van der Waals surface area (Å²) < 4.78 is 129. The molecule has 6 unspecified atom stereocenters. The molecule has 1 aliphatic carbocycles. The van der Waals surface area contributed by atoms with E-state index in [1.54, 1.807) is 20.8 Å². The highest BCUT2D eigenvalue weighted by atomic mass is 19.4. The van der Waals surface area contributed by atoms with Crippen LogP contribution in [0, 0.1) is 22.7 Å². The first-order valence-electron chi connectivity index (χ1n) is 11.3. The number of hydrogen-bond acceptors (Lipinski definition) is 3. The van der Waals surface area contributed by atoms with Crippen LogP contribution in [0.3, 0.4) is 0 Å². The minimum absolute atomic E-state index is 0.367. The number of aldehydes is 1. The number of halogens is 9. The van der Waals surface area contributed by atoms with Gasteiger partial charge in [0.15, 0.2) is 0 Å². The quantitative estimate of drug-likeness (QED) is 0.186. The van der Waals surface area contributed by atoms with Crippen LogP contribution in [-0.4, -0.2) is 47.7 Å². The van der Waals surface area contributed by atoms with E-state index in [9.17, 15) is 49.4 Å². The van der Waals surface area contributed by atoms with Crippen molar-refractivity contribution < 1.29 is 54.2 Å². The van der Waals surface area contributed by atoms with Gasteiger partial charge < -0.3 is 14.6 Å². The molecule has 0 bridgehead atoms. The van der Waals surface area contributed by atoms with E-state index in [0.717, 1.165) is 0 Å². The number of aliphatic hydroxyl groups is 1. The molecule has 0 radical (unpaired) electrons. The van der Waals surface area contributed by atoms with Gasteiger partial charge in [-0.25, -0.2) is 0 Å². The molecule has 0 amide bonds. The molecule has 12 heteroatoms. The number of allylic oxidation sites excluding steroid dienone is 1. The van der Waals surface area contributed by atoms with Crippen molar-refractivity contribution >= 4 is 6.29 Å². The van der Waals surface area contributed by atoms with Crippen LogP contribution in [0.2, 0.25) is 0 Å². The SMILES string of the molecule is C=CC(C)(C1CC(OC(C=O)C(C)(CC)CCC)CC(C(O)(C(F)(F)F)C(F)(F)F)C1)C(F)(F)F. The first kappa shape index (κ1) is 31.7. The van der Waals surface area contributed by atoms with Gasteiger partial charge in [0.2, 0.25) is 0 Å². The lowest BCUT2D eigenvalue weighted by molar-refractivity contribution is -0.391. The smallest absolute Gasteiger partial charge is 0.373 e. The molecule has 1 fully saturated rings. The van der Waals surface area contributed by atoms with E-state index < -0.39 is 78.3 Å². The molecular formula is C23H33F9O3. The summed E-state index contributed by atoms with van der Waals surface area (Å²) in [5.41, 5.74) is -8.96. The molecule has 0 spiro atoms. The Bertz CT molecular complexity index is 717. The maximum atomic E-state index is 13.9. The van der Waals surface area contributed by atoms with Crippen LogP contribution < -0.4 is 0 Å². The maximum absolute atomic E-state index is 13.9. The highest BCUT2D eigenvalue weighted by Crippen LogP contribution is 2.57. The number of rotatable bonds is 10. The third-order valence-corrected chi connectivity index (χ3v) is 7.78. The van der Waals surface area contributed by atoms with Crippen molar-refractivity contribution in [2.75, 3.05) is 0 Å². The number of carbonyl (C=O) groups excluding carboxylic acids is 1. The topological polar surface area (TPSA) is 46.5 Å². The number of ether oxygens (including phenoxy) is 1. The highest BCUT2D eigenvalue weighted by Gasteiger charge is 2.74. The van der Waals surface area contributed by atoms with Gasteiger partial charge in [-0.05, 0) is 44.9 Å². The second-order valence-electron chi connectivity index (χ2n) is 9.92. The van der Waals surface area contributed by atoms with Crippen molar-refractivity contribution in [2.45, 2.75) is 103 Å². The fraction of sp³-hybridized carbons (Fsp3) is 0.870. The molecule has 3 nitrogen and oxygen atoms in total. The van der Waals surface area contributed by atoms with Gasteiger partial charge in [0, 0.05) is 11.3 Å². The molecule has 206 valence electrons. The van der Waals surface area contributed by atoms with Crippen LogP contribution in [0.5, 0.6) is 0 Å². The van der Waals surface area contributed by atoms with Gasteiger partial charge in [-0.3, -0.25) is 0 Å². The van der Waals surface area contributed by atoms with Crippen molar-refractivity contribution in [3.8, 4) is 0 Å². The lowest BCUT2D eigenvalue weighted by Crippen LogP contribution is -2.64. The summed E-state index contributed by atoms with van der Waals surface area (Å²) in [6, 6.07) is 0. The lowest BCUT2D eigenvalue weighted by Gasteiger charge is -2.49. The summed E-state index contributed by atoms with van der Waals surface area (Å²) in [5, 5.41) is 9.99. The average molecular weight is 528 g/mol. The first-order chi connectivity index (χ1) is 15.7. The van der Waals surface area contributed by atoms with E-state index in [4.69, 9.17) is 4.74 Å². The van der Waals surface area contributed by atoms with Crippen LogP contribution in [-0.2, 0) is 9.53 Å². The molecule has 0 aromatic heterocycles. The van der Waals surface area contributed by atoms with E-state index >= 15 is 0 Å². The minimum Gasteiger partial charge on any atom is -0.373 e. The van der Waals surface area contributed by atoms with Crippen LogP contribution in [0.15, 0.2) is 12.7 Å². The molecule has 6 atom stereocenters. The summed E-state index contributed by atoms with van der Waals surface area (Å²) in [6.45, 7) is 8.91. The summed E-state index contributed by atoms with van der Waals surface area (Å²) in [6.07, 6.45) is -21.0. The molecule has 35 heavy (non-hydrogen) atoms. The van der Waals surface area contributed by atoms with Crippen molar-refractivity contribution in [2.24, 2.45) is 22.7 Å². The van der Waals surface area contributed by atoms with Crippen molar-refractivity contribution in [3.63, 3.8) is 0 Å². The molecule has 0 aromatic rings. The standard InChI is InChI=1S/C23H33F9O3/c1-6-9-18(4,7-2)17(13-33)35-16-11-14(19(5,8-3)21(24,25)26)10-15(12-16)20(34,22(27,28)29)23(30,31)32/h8,13-17,34H,3,6-7,9-12H2,1-2,4-5H3. The Balaban J connectivity index is 3.61. The van der Waals surface area contributed by atoms with E-state index in [2.05, 4.69) is 6.58 Å². The van der Waals surface area contributed by atoms with Crippen LogP contribution >= 0.6 is 0 Å². The molecular weight excluding hydrogens is 495 g/mol. The monoisotopic (exact) mass is 528 g/mol. The van der Waals surface area contributed by atoms with E-state index in [1.807, 2.05) is 0 Å². The van der Waals surface area contributed by atoms with Gasteiger partial charge in [0.1, 0.15) is 12.4 Å². The normalized spacial score (nSPS) is 27.0. The third-order valence-electron chi connectivity index (χ3n) is 7.78. The Morgan fingerprint density at radius 2 is 1.40 bits per heavy atom. The van der Waals surface area contributed by atoms with Crippen molar-refractivity contribution in [1.29, 1.82) is 0 Å². The van der Waals surface area contributed by atoms with Crippen molar-refractivity contribution in [3.05, 3.63) is 12.7 Å². The number of carbonyl (C=O) groups is 1. The fourth-order valence-electron chi connectivity index (χ4n) is 5.01. The van der Waals surface area contributed by atoms with Gasteiger partial charge in [-0.15, -0.1) is 6.58 Å². The molecule has 1 rings (SSSR count). The summed E-state index contributed by atoms with van der Waals surface area (Å²) in [7, 11) is 0. The Labute approximate surface area is 199 Å². The number of alkyl halides is 9. The van der Waals surface area contributed by atoms with Gasteiger partial charge >= 0.3 is 18.5 Å². The minimum atomic E-state index is -6.21. The van der Waals surface area contributed by atoms with E-state index in [1.165, 1.54) is 0 Å². The maximum Gasteiger partial charge on any atom is 0.426 e. The zero-order chi connectivity index (χ0) is 27.7. The zero-order valence-corrected chi connectivity index (χ0v) is 20.1. The molecule has 1 N–H and O–H groups in total. The number of hydrogen-bond donors (Lipinski definition) is 1. The average Bonchev–Trinajstić information content (AvgIpc) is 2.73. The second kappa shape index (κ2) is 10.6. The second-order valence-corrected chi connectivity index (χ2v) is 9.92. The third kappa shape index (κ3) is 5.99. The Hall–Kier alpha value is -1.30. The summed E-state index contributed by atoms with van der Waals surface area (Å²) in [4.78, 5) is 11.8. The molecule has 0 saturated heterocycles. The van der Waals surface area contributed by atoms with Crippen LogP contribution in [0.1, 0.15) is 66.2 Å². The van der Waals surface area contributed by atoms with Gasteiger partial charge in [0.05, 0.1) is 11.5 Å². The van der Waals surface area contributed by atoms with Crippen LogP contribution in [0.4, 0.5) is 39.5 Å². The first-order valence-corrected chi connectivity index (χ1v) is 11.3. The largest absolute Gasteiger partial charge is 0.426 e. The van der Waals surface area contributed by atoms with Gasteiger partial charge in [-0.1, -0.05) is 33.3 Å². The Morgan fingerprint density at radius 3 is 1.74 bits per heavy atom. The van der Waals surface area contributed by atoms with E-state index in [-0.39, 0.29) is 0 Å². The molecule has 0 aromatic carbocycles. The molecule has 1 saturated carbocycles. The predicted octanol–water partition coefficient (Wildman–Crippen LogP) is 7.18. The zero-order valence-electron chi connectivity index (χ0n) is 20.1. The van der Waals surface area contributed by atoms with Crippen molar-refractivity contribution in [1.82, 2.24) is 0 Å². The lowest BCUT2D eigenvalue weighted by atomic mass is 9.62.